The summed E-state index contributed by atoms with van der Waals surface area (Å²) in [6.07, 6.45) is 1.90. The second-order valence-electron chi connectivity index (χ2n) is 4.86. The minimum absolute atomic E-state index is 0.225. The Bertz CT molecular complexity index is 815. The predicted octanol–water partition coefficient (Wildman–Crippen LogP) is 4.35. The Labute approximate surface area is 147 Å². The molecule has 3 rings (SSSR count). The zero-order valence-corrected chi connectivity index (χ0v) is 14.3. The summed E-state index contributed by atoms with van der Waals surface area (Å²) in [4.78, 5) is 12.1. The zero-order valence-electron chi connectivity index (χ0n) is 12.0. The first-order valence-corrected chi connectivity index (χ1v) is 8.62. The summed E-state index contributed by atoms with van der Waals surface area (Å²) in [6, 6.07) is 8.80. The average Bonchev–Trinajstić information content (AvgIpc) is 3.18. The van der Waals surface area contributed by atoms with Gasteiger partial charge in [0.2, 0.25) is 0 Å². The van der Waals surface area contributed by atoms with E-state index in [1.54, 1.807) is 34.2 Å². The van der Waals surface area contributed by atoms with Crippen LogP contribution >= 0.6 is 34.5 Å². The topological polar surface area (TPSA) is 46.9 Å². The van der Waals surface area contributed by atoms with Gasteiger partial charge in [-0.15, -0.1) is 0 Å². The summed E-state index contributed by atoms with van der Waals surface area (Å²) >= 11 is 13.5. The summed E-state index contributed by atoms with van der Waals surface area (Å²) in [6.45, 7) is 1.05. The third-order valence-corrected chi connectivity index (χ3v) is 4.49. The fourth-order valence-corrected chi connectivity index (χ4v) is 3.25. The smallest absolute Gasteiger partial charge is 0.252 e. The van der Waals surface area contributed by atoms with Crippen LogP contribution in [0.5, 0.6) is 0 Å². The van der Waals surface area contributed by atoms with Gasteiger partial charge in [-0.05, 0) is 35.7 Å². The summed E-state index contributed by atoms with van der Waals surface area (Å²) in [5.41, 5.74) is 2.44. The normalized spacial score (nSPS) is 10.7. The molecule has 0 radical (unpaired) electrons. The maximum Gasteiger partial charge on any atom is 0.252 e. The number of hydrogen-bond acceptors (Lipinski definition) is 3. The summed E-state index contributed by atoms with van der Waals surface area (Å²) in [7, 11) is 0. The molecule has 0 aliphatic carbocycles. The first kappa shape index (κ1) is 16.1. The molecule has 1 N–H and O–H groups in total. The van der Waals surface area contributed by atoms with Gasteiger partial charge in [0.15, 0.2) is 0 Å². The molecular weight excluding hydrogens is 353 g/mol. The van der Waals surface area contributed by atoms with Crippen LogP contribution in [-0.2, 0) is 6.54 Å². The molecule has 0 atom stereocenters. The minimum atomic E-state index is -0.225. The molecule has 0 aliphatic heterocycles. The standard InChI is InChI=1S/C16H13Cl2N3OS/c17-12-1-2-13(14(18)9-12)16(22)19-5-7-21-6-3-15(20-21)11-4-8-23-10-11/h1-4,6,8-10H,5,7H2,(H,19,22). The summed E-state index contributed by atoms with van der Waals surface area (Å²) in [5, 5.41) is 12.2. The van der Waals surface area contributed by atoms with E-state index in [-0.39, 0.29) is 5.91 Å². The van der Waals surface area contributed by atoms with Crippen molar-refractivity contribution in [1.29, 1.82) is 0 Å². The Morgan fingerprint density at radius 3 is 2.87 bits per heavy atom. The van der Waals surface area contributed by atoms with Gasteiger partial charge in [-0.25, -0.2) is 0 Å². The van der Waals surface area contributed by atoms with E-state index in [0.717, 1.165) is 11.3 Å². The number of rotatable bonds is 5. The van der Waals surface area contributed by atoms with Crippen LogP contribution in [0.2, 0.25) is 10.0 Å². The van der Waals surface area contributed by atoms with Crippen LogP contribution in [-0.4, -0.2) is 22.2 Å². The van der Waals surface area contributed by atoms with Crippen LogP contribution in [0.3, 0.4) is 0 Å². The van der Waals surface area contributed by atoms with Gasteiger partial charge in [-0.2, -0.15) is 16.4 Å². The molecule has 2 heterocycles. The number of aromatic nitrogens is 2. The van der Waals surface area contributed by atoms with Gasteiger partial charge >= 0.3 is 0 Å². The molecule has 7 heteroatoms. The Balaban J connectivity index is 1.56. The van der Waals surface area contributed by atoms with Crippen molar-refractivity contribution in [1.82, 2.24) is 15.1 Å². The molecule has 3 aromatic rings. The van der Waals surface area contributed by atoms with Crippen molar-refractivity contribution in [2.75, 3.05) is 6.54 Å². The number of halogens is 2. The second kappa shape index (κ2) is 7.17. The number of hydrogen-bond donors (Lipinski definition) is 1. The number of nitrogens with one attached hydrogen (secondary N) is 1. The number of carbonyl (C=O) groups is 1. The Morgan fingerprint density at radius 1 is 1.26 bits per heavy atom. The van der Waals surface area contributed by atoms with Gasteiger partial charge < -0.3 is 5.32 Å². The lowest BCUT2D eigenvalue weighted by Crippen LogP contribution is -2.27. The molecule has 0 fully saturated rings. The molecule has 1 aromatic carbocycles. The van der Waals surface area contributed by atoms with Gasteiger partial charge in [0.25, 0.3) is 5.91 Å². The third-order valence-electron chi connectivity index (χ3n) is 3.26. The SMILES string of the molecule is O=C(NCCn1ccc(-c2ccsc2)n1)c1ccc(Cl)cc1Cl. The Hall–Kier alpha value is -1.82. The molecule has 118 valence electrons. The maximum absolute atomic E-state index is 12.1. The molecule has 0 spiro atoms. The van der Waals surface area contributed by atoms with E-state index in [0.29, 0.717) is 28.7 Å². The van der Waals surface area contributed by atoms with Crippen LogP contribution < -0.4 is 5.32 Å². The molecule has 1 amide bonds. The van der Waals surface area contributed by atoms with Crippen molar-refractivity contribution in [2.24, 2.45) is 0 Å². The van der Waals surface area contributed by atoms with Crippen LogP contribution in [0, 0.1) is 0 Å². The number of carbonyl (C=O) groups excluding carboxylic acids is 1. The lowest BCUT2D eigenvalue weighted by Gasteiger charge is -2.07. The summed E-state index contributed by atoms with van der Waals surface area (Å²) in [5.74, 6) is -0.225. The van der Waals surface area contributed by atoms with E-state index in [1.807, 2.05) is 23.7 Å². The van der Waals surface area contributed by atoms with Gasteiger partial charge in [0.1, 0.15) is 0 Å². The van der Waals surface area contributed by atoms with E-state index >= 15 is 0 Å². The fourth-order valence-electron chi connectivity index (χ4n) is 2.10. The zero-order chi connectivity index (χ0) is 16.2. The molecule has 0 aliphatic rings. The second-order valence-corrected chi connectivity index (χ2v) is 6.48. The van der Waals surface area contributed by atoms with Crippen LogP contribution in [0.15, 0.2) is 47.3 Å². The molecule has 0 saturated heterocycles. The van der Waals surface area contributed by atoms with E-state index < -0.39 is 0 Å². The molecule has 0 bridgehead atoms. The lowest BCUT2D eigenvalue weighted by molar-refractivity contribution is 0.0952. The lowest BCUT2D eigenvalue weighted by atomic mass is 10.2. The first-order chi connectivity index (χ1) is 11.1. The highest BCUT2D eigenvalue weighted by molar-refractivity contribution is 7.08. The van der Waals surface area contributed by atoms with Crippen molar-refractivity contribution in [3.8, 4) is 11.3 Å². The average molecular weight is 366 g/mol. The van der Waals surface area contributed by atoms with Crippen molar-refractivity contribution in [2.45, 2.75) is 6.54 Å². The molecular formula is C16H13Cl2N3OS. The van der Waals surface area contributed by atoms with Crippen LogP contribution in [0.4, 0.5) is 0 Å². The third kappa shape index (κ3) is 3.93. The van der Waals surface area contributed by atoms with E-state index in [9.17, 15) is 4.79 Å². The number of thiophene rings is 1. The molecule has 23 heavy (non-hydrogen) atoms. The van der Waals surface area contributed by atoms with E-state index in [1.165, 1.54) is 0 Å². The van der Waals surface area contributed by atoms with Gasteiger partial charge in [0.05, 0.1) is 22.8 Å². The van der Waals surface area contributed by atoms with Gasteiger partial charge in [0, 0.05) is 28.7 Å². The first-order valence-electron chi connectivity index (χ1n) is 6.93. The van der Waals surface area contributed by atoms with Gasteiger partial charge in [-0.3, -0.25) is 9.48 Å². The van der Waals surface area contributed by atoms with Crippen molar-refractivity contribution >= 4 is 40.4 Å². The van der Waals surface area contributed by atoms with Gasteiger partial charge in [-0.1, -0.05) is 23.2 Å². The number of benzene rings is 1. The van der Waals surface area contributed by atoms with Crippen molar-refractivity contribution < 1.29 is 4.79 Å². The highest BCUT2D eigenvalue weighted by Crippen LogP contribution is 2.21. The monoisotopic (exact) mass is 365 g/mol. The Kier molecular flexibility index (Phi) is 5.00. The van der Waals surface area contributed by atoms with Crippen molar-refractivity contribution in [3.05, 3.63) is 62.9 Å². The molecule has 2 aromatic heterocycles. The maximum atomic E-state index is 12.1. The largest absolute Gasteiger partial charge is 0.350 e. The highest BCUT2D eigenvalue weighted by Gasteiger charge is 2.10. The van der Waals surface area contributed by atoms with E-state index in [2.05, 4.69) is 15.8 Å². The minimum Gasteiger partial charge on any atom is -0.350 e. The summed E-state index contributed by atoms with van der Waals surface area (Å²) < 4.78 is 1.80. The molecule has 0 unspecified atom stereocenters. The number of amides is 1. The molecule has 4 nitrogen and oxygen atoms in total. The quantitative estimate of drug-likeness (QED) is 0.730. The van der Waals surface area contributed by atoms with Crippen LogP contribution in [0.25, 0.3) is 11.3 Å². The number of nitrogens with zero attached hydrogens (tertiary/aromatic N) is 2. The molecule has 0 saturated carbocycles. The predicted molar refractivity (Wildman–Crippen MR) is 94.3 cm³/mol. The van der Waals surface area contributed by atoms with E-state index in [4.69, 9.17) is 23.2 Å². The van der Waals surface area contributed by atoms with Crippen molar-refractivity contribution in [3.63, 3.8) is 0 Å². The highest BCUT2D eigenvalue weighted by atomic mass is 35.5. The Morgan fingerprint density at radius 2 is 2.13 bits per heavy atom. The fraction of sp³-hybridized carbons (Fsp3) is 0.125. The van der Waals surface area contributed by atoms with Crippen LogP contribution in [0.1, 0.15) is 10.4 Å².